The van der Waals surface area contributed by atoms with E-state index in [1.54, 1.807) is 0 Å². The number of carboxylic acids is 1. The van der Waals surface area contributed by atoms with Crippen LogP contribution in [0.25, 0.3) is 0 Å². The molecule has 1 aliphatic heterocycles. The summed E-state index contributed by atoms with van der Waals surface area (Å²) in [4.78, 5) is 22.4. The molecule has 16 heavy (non-hydrogen) atoms. The number of amides is 1. The fourth-order valence-corrected chi connectivity index (χ4v) is 1.66. The molecule has 1 heterocycles. The number of hydrogen-bond acceptors (Lipinski definition) is 4. The van der Waals surface area contributed by atoms with E-state index >= 15 is 0 Å². The molecule has 0 radical (unpaired) electrons. The van der Waals surface area contributed by atoms with Gasteiger partial charge in [-0.15, -0.1) is 0 Å². The molecule has 6 heteroatoms. The molecule has 0 spiro atoms. The first-order chi connectivity index (χ1) is 7.41. The van der Waals surface area contributed by atoms with E-state index in [1.807, 2.05) is 6.92 Å². The van der Waals surface area contributed by atoms with Crippen LogP contribution in [0.5, 0.6) is 0 Å². The topological polar surface area (TPSA) is 95.9 Å². The second kappa shape index (κ2) is 5.27. The Morgan fingerprint density at radius 2 is 2.12 bits per heavy atom. The Morgan fingerprint density at radius 3 is 2.50 bits per heavy atom. The molecule has 4 atom stereocenters. The lowest BCUT2D eigenvalue weighted by Crippen LogP contribution is -2.49. The molecule has 0 bridgehead atoms. The van der Waals surface area contributed by atoms with Crippen molar-refractivity contribution in [2.75, 3.05) is 6.61 Å². The average molecular weight is 231 g/mol. The predicted molar refractivity (Wildman–Crippen MR) is 54.8 cm³/mol. The summed E-state index contributed by atoms with van der Waals surface area (Å²) in [6.45, 7) is 3.49. The van der Waals surface area contributed by atoms with Crippen LogP contribution < -0.4 is 5.32 Å². The first-order valence-electron chi connectivity index (χ1n) is 5.24. The highest BCUT2D eigenvalue weighted by atomic mass is 16.5. The Morgan fingerprint density at radius 1 is 1.50 bits per heavy atom. The second-order valence-electron chi connectivity index (χ2n) is 4.14. The van der Waals surface area contributed by atoms with Gasteiger partial charge in [0.05, 0.1) is 24.7 Å². The van der Waals surface area contributed by atoms with Crippen LogP contribution in [0, 0.1) is 5.92 Å². The summed E-state index contributed by atoms with van der Waals surface area (Å²) in [5, 5.41) is 20.3. The van der Waals surface area contributed by atoms with E-state index in [2.05, 4.69) is 5.32 Å². The van der Waals surface area contributed by atoms with Crippen LogP contribution >= 0.6 is 0 Å². The number of nitrogens with one attached hydrogen (secondary N) is 1. The minimum atomic E-state index is -1.26. The van der Waals surface area contributed by atoms with Gasteiger partial charge in [-0.25, -0.2) is 4.79 Å². The van der Waals surface area contributed by atoms with Gasteiger partial charge < -0.3 is 20.3 Å². The standard InChI is InChI=1S/C10H17NO5/c1-5-3-7(4-16-5)9(13)11-8(6(2)12)10(14)15/h5-8,12H,3-4H2,1-2H3,(H,11,13)(H,14,15). The molecule has 4 unspecified atom stereocenters. The van der Waals surface area contributed by atoms with Gasteiger partial charge in [0.2, 0.25) is 5.91 Å². The lowest BCUT2D eigenvalue weighted by atomic mass is 10.0. The Labute approximate surface area is 93.6 Å². The highest BCUT2D eigenvalue weighted by molar-refractivity contribution is 5.85. The smallest absolute Gasteiger partial charge is 0.328 e. The summed E-state index contributed by atoms with van der Waals surface area (Å²) in [5.41, 5.74) is 0. The highest BCUT2D eigenvalue weighted by Crippen LogP contribution is 2.19. The molecular weight excluding hydrogens is 214 g/mol. The van der Waals surface area contributed by atoms with Gasteiger partial charge in [0.15, 0.2) is 6.04 Å². The fraction of sp³-hybridized carbons (Fsp3) is 0.800. The molecule has 3 N–H and O–H groups in total. The number of carbonyl (C=O) groups excluding carboxylic acids is 1. The molecule has 0 aromatic carbocycles. The molecular formula is C10H17NO5. The van der Waals surface area contributed by atoms with Gasteiger partial charge in [-0.3, -0.25) is 4.79 Å². The molecule has 1 rings (SSSR count). The summed E-state index contributed by atoms with van der Waals surface area (Å²) in [6.07, 6.45) is -0.524. The normalized spacial score (nSPS) is 28.4. The third-order valence-electron chi connectivity index (χ3n) is 2.62. The van der Waals surface area contributed by atoms with Gasteiger partial charge in [0, 0.05) is 0 Å². The maximum atomic E-state index is 11.6. The largest absolute Gasteiger partial charge is 0.480 e. The summed E-state index contributed by atoms with van der Waals surface area (Å²) < 4.78 is 5.22. The molecule has 0 aliphatic carbocycles. The Kier molecular flexibility index (Phi) is 4.26. The molecule has 0 aromatic rings. The number of rotatable bonds is 4. The van der Waals surface area contributed by atoms with Crippen molar-refractivity contribution in [1.29, 1.82) is 0 Å². The number of aliphatic carboxylic acids is 1. The summed E-state index contributed by atoms with van der Waals surface area (Å²) in [6, 6.07) is -1.26. The Bertz CT molecular complexity index is 278. The third-order valence-corrected chi connectivity index (χ3v) is 2.62. The van der Waals surface area contributed by atoms with Crippen LogP contribution in [0.1, 0.15) is 20.3 Å². The van der Waals surface area contributed by atoms with E-state index in [9.17, 15) is 14.7 Å². The quantitative estimate of drug-likeness (QED) is 0.598. The van der Waals surface area contributed by atoms with Crippen molar-refractivity contribution in [2.24, 2.45) is 5.92 Å². The number of carbonyl (C=O) groups is 2. The number of ether oxygens (including phenoxy) is 1. The summed E-state index contributed by atoms with van der Waals surface area (Å²) in [5.74, 6) is -1.94. The lowest BCUT2D eigenvalue weighted by molar-refractivity contribution is -0.145. The maximum absolute atomic E-state index is 11.6. The molecule has 6 nitrogen and oxygen atoms in total. The van der Waals surface area contributed by atoms with Crippen LogP contribution in [-0.2, 0) is 14.3 Å². The van der Waals surface area contributed by atoms with E-state index in [4.69, 9.17) is 9.84 Å². The Balaban J connectivity index is 2.52. The highest BCUT2D eigenvalue weighted by Gasteiger charge is 2.32. The van der Waals surface area contributed by atoms with Gasteiger partial charge in [-0.2, -0.15) is 0 Å². The first kappa shape index (κ1) is 12.9. The second-order valence-corrected chi connectivity index (χ2v) is 4.14. The minimum Gasteiger partial charge on any atom is -0.480 e. The van der Waals surface area contributed by atoms with Crippen LogP contribution in [0.2, 0.25) is 0 Å². The van der Waals surface area contributed by atoms with Gasteiger partial charge >= 0.3 is 5.97 Å². The van der Waals surface area contributed by atoms with E-state index < -0.39 is 18.1 Å². The molecule has 1 fully saturated rings. The number of aliphatic hydroxyl groups excluding tert-OH is 1. The van der Waals surface area contributed by atoms with Crippen molar-refractivity contribution in [1.82, 2.24) is 5.32 Å². The zero-order chi connectivity index (χ0) is 12.3. The molecule has 1 saturated heterocycles. The predicted octanol–water partition coefficient (Wildman–Crippen LogP) is -0.638. The molecule has 0 saturated carbocycles. The SMILES string of the molecule is CC1CC(C(=O)NC(C(=O)O)C(C)O)CO1. The van der Waals surface area contributed by atoms with E-state index in [0.29, 0.717) is 13.0 Å². The molecule has 1 aliphatic rings. The minimum absolute atomic E-state index is 0.0191. The third kappa shape index (κ3) is 3.18. The van der Waals surface area contributed by atoms with Gasteiger partial charge in [-0.1, -0.05) is 0 Å². The average Bonchev–Trinajstić information content (AvgIpc) is 2.59. The van der Waals surface area contributed by atoms with E-state index in [-0.39, 0.29) is 17.9 Å². The van der Waals surface area contributed by atoms with Crippen LogP contribution in [0.3, 0.4) is 0 Å². The molecule has 92 valence electrons. The maximum Gasteiger partial charge on any atom is 0.328 e. The van der Waals surface area contributed by atoms with Crippen molar-refractivity contribution in [3.05, 3.63) is 0 Å². The summed E-state index contributed by atoms with van der Waals surface area (Å²) >= 11 is 0. The van der Waals surface area contributed by atoms with Crippen molar-refractivity contribution < 1.29 is 24.5 Å². The van der Waals surface area contributed by atoms with Crippen molar-refractivity contribution in [3.8, 4) is 0 Å². The Hall–Kier alpha value is -1.14. The van der Waals surface area contributed by atoms with Crippen LogP contribution in [0.15, 0.2) is 0 Å². The van der Waals surface area contributed by atoms with Gasteiger partial charge in [-0.05, 0) is 20.3 Å². The van der Waals surface area contributed by atoms with Crippen LogP contribution in [0.4, 0.5) is 0 Å². The fourth-order valence-electron chi connectivity index (χ4n) is 1.66. The van der Waals surface area contributed by atoms with Crippen LogP contribution in [-0.4, -0.2) is 46.9 Å². The van der Waals surface area contributed by atoms with Gasteiger partial charge in [0.25, 0.3) is 0 Å². The summed E-state index contributed by atoms with van der Waals surface area (Å²) in [7, 11) is 0. The van der Waals surface area contributed by atoms with Crippen molar-refractivity contribution >= 4 is 11.9 Å². The zero-order valence-electron chi connectivity index (χ0n) is 9.34. The lowest BCUT2D eigenvalue weighted by Gasteiger charge is -2.18. The zero-order valence-corrected chi connectivity index (χ0v) is 9.34. The number of aliphatic hydroxyl groups is 1. The molecule has 1 amide bonds. The number of carboxylic acid groups (broad SMARTS) is 1. The van der Waals surface area contributed by atoms with Crippen molar-refractivity contribution in [2.45, 2.75) is 38.5 Å². The monoisotopic (exact) mass is 231 g/mol. The first-order valence-corrected chi connectivity index (χ1v) is 5.24. The van der Waals surface area contributed by atoms with Gasteiger partial charge in [0.1, 0.15) is 0 Å². The van der Waals surface area contributed by atoms with E-state index in [0.717, 1.165) is 0 Å². The van der Waals surface area contributed by atoms with Crippen molar-refractivity contribution in [3.63, 3.8) is 0 Å². The number of hydrogen-bond donors (Lipinski definition) is 3. The molecule has 0 aromatic heterocycles. The van der Waals surface area contributed by atoms with E-state index in [1.165, 1.54) is 6.92 Å².